The molecule has 9 heteroatoms. The van der Waals surface area contributed by atoms with Gasteiger partial charge in [-0.2, -0.15) is 5.48 Å². The minimum absolute atomic E-state index is 0.0174. The maximum Gasteiger partial charge on any atom is 0.266 e. The molecule has 0 spiro atoms. The monoisotopic (exact) mass is 394 g/mol. The number of nitrogens with one attached hydrogen (secondary N) is 2. The minimum Gasteiger partial charge on any atom is -0.495 e. The van der Waals surface area contributed by atoms with Gasteiger partial charge in [0.05, 0.1) is 13.4 Å². The molecule has 0 aliphatic carbocycles. The van der Waals surface area contributed by atoms with Crippen molar-refractivity contribution in [2.75, 3.05) is 21.2 Å². The molecule has 0 aliphatic heterocycles. The molecule has 8 nitrogen and oxygen atoms in total. The largest absolute Gasteiger partial charge is 0.495 e. The third-order valence-electron chi connectivity index (χ3n) is 3.49. The second kappa shape index (κ2) is 10.4. The Morgan fingerprint density at radius 2 is 2.07 bits per heavy atom. The topological polar surface area (TPSA) is 92.3 Å². The summed E-state index contributed by atoms with van der Waals surface area (Å²) in [5.74, 6) is 0.495. The van der Waals surface area contributed by atoms with E-state index in [9.17, 15) is 8.42 Å². The number of methoxy groups -OCH3 is 1. The van der Waals surface area contributed by atoms with Crippen LogP contribution in [0.25, 0.3) is 0 Å². The van der Waals surface area contributed by atoms with E-state index in [2.05, 4.69) is 28.4 Å². The molecule has 2 N–H and O–H groups in total. The Bertz CT molecular complexity index is 832. The van der Waals surface area contributed by atoms with Crippen LogP contribution < -0.4 is 14.9 Å². The van der Waals surface area contributed by atoms with Crippen molar-refractivity contribution < 1.29 is 18.0 Å². The van der Waals surface area contributed by atoms with Crippen molar-refractivity contribution in [3.05, 3.63) is 60.8 Å². The third-order valence-corrected chi connectivity index (χ3v) is 4.85. The predicted octanol–water partition coefficient (Wildman–Crippen LogP) is 2.15. The Labute approximate surface area is 160 Å². The highest BCUT2D eigenvalue weighted by atomic mass is 32.2. The van der Waals surface area contributed by atoms with Crippen molar-refractivity contribution in [1.82, 2.24) is 15.1 Å². The highest BCUT2D eigenvalue weighted by Crippen LogP contribution is 2.26. The molecule has 1 rings (SSSR count). The van der Waals surface area contributed by atoms with Crippen LogP contribution in [0.5, 0.6) is 5.75 Å². The smallest absolute Gasteiger partial charge is 0.266 e. The van der Waals surface area contributed by atoms with Crippen molar-refractivity contribution in [1.29, 1.82) is 0 Å². The minimum atomic E-state index is -4.00. The summed E-state index contributed by atoms with van der Waals surface area (Å²) in [7, 11) is 0.567. The van der Waals surface area contributed by atoms with Crippen LogP contribution in [-0.2, 0) is 21.3 Å². The van der Waals surface area contributed by atoms with Gasteiger partial charge in [-0.05, 0) is 30.2 Å². The second-order valence-corrected chi connectivity index (χ2v) is 6.88. The lowest BCUT2D eigenvalue weighted by Crippen LogP contribution is -2.34. The highest BCUT2D eigenvalue weighted by Gasteiger charge is 2.24. The van der Waals surface area contributed by atoms with E-state index in [1.807, 2.05) is 13.0 Å². The molecule has 0 saturated carbocycles. The molecule has 0 aliphatic rings. The van der Waals surface area contributed by atoms with Gasteiger partial charge in [0.2, 0.25) is 0 Å². The molecule has 0 radical (unpaired) electrons. The summed E-state index contributed by atoms with van der Waals surface area (Å²) in [6, 6.07) is 5.01. The van der Waals surface area contributed by atoms with Gasteiger partial charge < -0.3 is 14.5 Å². The number of sulfonamides is 1. The Morgan fingerprint density at radius 3 is 2.59 bits per heavy atom. The lowest BCUT2D eigenvalue weighted by molar-refractivity contribution is 0.129. The molecule has 27 heavy (non-hydrogen) atoms. The maximum atomic E-state index is 13.1. The van der Waals surface area contributed by atoms with Crippen LogP contribution in [-0.4, -0.2) is 40.9 Å². The van der Waals surface area contributed by atoms with Crippen molar-refractivity contribution >= 4 is 16.4 Å². The summed E-state index contributed by atoms with van der Waals surface area (Å²) in [5, 5.41) is 0. The zero-order chi connectivity index (χ0) is 20.4. The van der Waals surface area contributed by atoms with E-state index < -0.39 is 10.0 Å². The number of rotatable bonds is 11. The van der Waals surface area contributed by atoms with Gasteiger partial charge in [0.25, 0.3) is 10.0 Å². The lowest BCUT2D eigenvalue weighted by atomic mass is 10.2. The van der Waals surface area contributed by atoms with E-state index in [0.717, 1.165) is 5.56 Å². The fraction of sp³-hybridized carbons (Fsp3) is 0.278. The molecule has 0 heterocycles. The Hall–Kier alpha value is -2.78. The van der Waals surface area contributed by atoms with Gasteiger partial charge in [-0.25, -0.2) is 13.4 Å². The summed E-state index contributed by atoms with van der Waals surface area (Å²) >= 11 is 0. The van der Waals surface area contributed by atoms with E-state index in [1.54, 1.807) is 26.2 Å². The number of hydrogen-bond acceptors (Lipinski definition) is 6. The first-order valence-corrected chi connectivity index (χ1v) is 9.59. The van der Waals surface area contributed by atoms with E-state index >= 15 is 0 Å². The number of allylic oxidation sites excluding steroid dienone is 1. The Balaban J connectivity index is 3.49. The highest BCUT2D eigenvalue weighted by molar-refractivity contribution is 7.89. The molecule has 1 aromatic rings. The van der Waals surface area contributed by atoms with Crippen LogP contribution in [0.3, 0.4) is 0 Å². The molecule has 1 aromatic carbocycles. The number of hydroxylamine groups is 1. The predicted molar refractivity (Wildman–Crippen MR) is 107 cm³/mol. The summed E-state index contributed by atoms with van der Waals surface area (Å²) in [6.07, 6.45) is 4.75. The quantitative estimate of drug-likeness (QED) is 0.196. The van der Waals surface area contributed by atoms with E-state index in [-0.39, 0.29) is 22.2 Å². The molecule has 0 saturated heterocycles. The van der Waals surface area contributed by atoms with Crippen LogP contribution in [0.1, 0.15) is 12.5 Å². The van der Waals surface area contributed by atoms with E-state index in [1.165, 1.54) is 30.6 Å². The number of aryl methyl sites for hydroxylation is 1. The van der Waals surface area contributed by atoms with Crippen molar-refractivity contribution in [3.8, 4) is 5.75 Å². The van der Waals surface area contributed by atoms with Gasteiger partial charge in [0.1, 0.15) is 10.6 Å². The van der Waals surface area contributed by atoms with Crippen LogP contribution in [0.4, 0.5) is 0 Å². The number of aliphatic imine (C=N–C) groups is 1. The number of nitrogens with zero attached hydrogens (tertiary/aromatic N) is 2. The number of benzene rings is 1. The van der Waals surface area contributed by atoms with Gasteiger partial charge in [-0.15, -0.1) is 0 Å². The zero-order valence-electron chi connectivity index (χ0n) is 16.0. The molecule has 0 unspecified atom stereocenters. The lowest BCUT2D eigenvalue weighted by Gasteiger charge is -2.22. The number of ether oxygens (including phenoxy) is 1. The molecule has 0 fully saturated rings. The standard InChI is InChI=1S/C18H26N4O4S/c1-7-14-10-11-16(25-6)17(12-14)27(23,24)21-18(15(8-2)26-19-4)22(5)13-20-9-3/h8-13,19,21H,2-3,7H2,1,4-6H3/b18-15+,20-13-. The number of hydrogen-bond donors (Lipinski definition) is 2. The first kappa shape index (κ1) is 22.3. The van der Waals surface area contributed by atoms with Gasteiger partial charge in [0.15, 0.2) is 11.6 Å². The molecule has 0 aromatic heterocycles. The molecule has 148 valence electrons. The average Bonchev–Trinajstić information content (AvgIpc) is 2.68. The molecular formula is C18H26N4O4S. The Morgan fingerprint density at radius 1 is 1.37 bits per heavy atom. The van der Waals surface area contributed by atoms with Crippen LogP contribution in [0, 0.1) is 0 Å². The summed E-state index contributed by atoms with van der Waals surface area (Å²) in [4.78, 5) is 10.6. The summed E-state index contributed by atoms with van der Waals surface area (Å²) in [6.45, 7) is 9.09. The molecular weight excluding hydrogens is 368 g/mol. The first-order chi connectivity index (χ1) is 12.8. The van der Waals surface area contributed by atoms with E-state index in [4.69, 9.17) is 9.57 Å². The molecule has 0 atom stereocenters. The second-order valence-electron chi connectivity index (χ2n) is 5.23. The van der Waals surface area contributed by atoms with Gasteiger partial charge in [-0.1, -0.05) is 26.1 Å². The summed E-state index contributed by atoms with van der Waals surface area (Å²) in [5.41, 5.74) is 3.36. The fourth-order valence-corrected chi connectivity index (χ4v) is 3.46. The zero-order valence-corrected chi connectivity index (χ0v) is 16.8. The normalized spacial score (nSPS) is 12.3. The summed E-state index contributed by atoms with van der Waals surface area (Å²) < 4.78 is 33.9. The van der Waals surface area contributed by atoms with Gasteiger partial charge >= 0.3 is 0 Å². The van der Waals surface area contributed by atoms with Crippen molar-refractivity contribution in [2.24, 2.45) is 4.99 Å². The van der Waals surface area contributed by atoms with Crippen LogP contribution in [0.15, 0.2) is 65.1 Å². The van der Waals surface area contributed by atoms with Gasteiger partial charge in [0, 0.05) is 20.3 Å². The SMILES string of the molecule is C=C/N=C\N(C)/C(NS(=O)(=O)c1cc(CC)ccc1OC)=C(\C=C)ONC. The van der Waals surface area contributed by atoms with Crippen LogP contribution in [0.2, 0.25) is 0 Å². The van der Waals surface area contributed by atoms with Crippen molar-refractivity contribution in [2.45, 2.75) is 18.2 Å². The third kappa shape index (κ3) is 5.87. The fourth-order valence-electron chi connectivity index (χ4n) is 2.13. The first-order valence-electron chi connectivity index (χ1n) is 8.11. The Kier molecular flexibility index (Phi) is 8.57. The van der Waals surface area contributed by atoms with Crippen LogP contribution >= 0.6 is 0 Å². The van der Waals surface area contributed by atoms with Gasteiger partial charge in [-0.3, -0.25) is 4.72 Å². The van der Waals surface area contributed by atoms with Crippen molar-refractivity contribution in [3.63, 3.8) is 0 Å². The van der Waals surface area contributed by atoms with E-state index in [0.29, 0.717) is 6.42 Å². The maximum absolute atomic E-state index is 13.1. The molecule has 0 bridgehead atoms. The average molecular weight is 394 g/mol. The molecule has 0 amide bonds.